The maximum atomic E-state index is 12.6. The van der Waals surface area contributed by atoms with E-state index in [2.05, 4.69) is 22.1 Å². The van der Waals surface area contributed by atoms with Crippen molar-refractivity contribution in [1.82, 2.24) is 14.9 Å². The van der Waals surface area contributed by atoms with Crippen molar-refractivity contribution in [2.45, 2.75) is 13.3 Å². The molecule has 120 valence electrons. The van der Waals surface area contributed by atoms with E-state index in [4.69, 9.17) is 4.74 Å². The summed E-state index contributed by atoms with van der Waals surface area (Å²) >= 11 is 0. The molecule has 0 aromatic carbocycles. The molecule has 1 aliphatic heterocycles. The van der Waals surface area contributed by atoms with Crippen LogP contribution < -0.4 is 0 Å². The number of hydrogen-bond donors (Lipinski definition) is 0. The van der Waals surface area contributed by atoms with E-state index in [1.54, 1.807) is 24.5 Å². The molecule has 1 fully saturated rings. The Kier molecular flexibility index (Phi) is 4.98. The van der Waals surface area contributed by atoms with Crippen LogP contribution in [0.3, 0.4) is 0 Å². The number of nitrogens with zero attached hydrogens (tertiary/aromatic N) is 3. The van der Waals surface area contributed by atoms with E-state index in [-0.39, 0.29) is 11.8 Å². The third-order valence-electron chi connectivity index (χ3n) is 4.02. The predicted octanol–water partition coefficient (Wildman–Crippen LogP) is 2.12. The summed E-state index contributed by atoms with van der Waals surface area (Å²) in [6.07, 6.45) is 6.00. The van der Waals surface area contributed by atoms with Gasteiger partial charge in [0, 0.05) is 48.9 Å². The third-order valence-corrected chi connectivity index (χ3v) is 4.02. The molecule has 1 unspecified atom stereocenters. The molecule has 0 saturated carbocycles. The quantitative estimate of drug-likeness (QED) is 0.871. The van der Waals surface area contributed by atoms with Crippen LogP contribution in [0.1, 0.15) is 21.6 Å². The Morgan fingerprint density at radius 2 is 2.13 bits per heavy atom. The van der Waals surface area contributed by atoms with Crippen molar-refractivity contribution in [3.63, 3.8) is 0 Å². The van der Waals surface area contributed by atoms with Crippen LogP contribution in [0.4, 0.5) is 0 Å². The van der Waals surface area contributed by atoms with Gasteiger partial charge in [-0.25, -0.2) is 0 Å². The summed E-state index contributed by atoms with van der Waals surface area (Å²) in [6.45, 7) is 4.58. The van der Waals surface area contributed by atoms with E-state index in [9.17, 15) is 4.79 Å². The Bertz CT molecular complexity index is 643. The minimum atomic E-state index is 0.0414. The number of hydrogen-bond acceptors (Lipinski definition) is 4. The molecule has 3 rings (SSSR count). The van der Waals surface area contributed by atoms with Crippen molar-refractivity contribution in [3.8, 4) is 0 Å². The van der Waals surface area contributed by atoms with Gasteiger partial charge in [0.25, 0.3) is 5.91 Å². The van der Waals surface area contributed by atoms with Crippen LogP contribution in [0, 0.1) is 12.8 Å². The van der Waals surface area contributed by atoms with Gasteiger partial charge in [0.1, 0.15) is 0 Å². The van der Waals surface area contributed by atoms with Gasteiger partial charge >= 0.3 is 0 Å². The molecule has 0 aliphatic carbocycles. The molecule has 5 heteroatoms. The largest absolute Gasteiger partial charge is 0.379 e. The Morgan fingerprint density at radius 3 is 2.87 bits per heavy atom. The van der Waals surface area contributed by atoms with Crippen molar-refractivity contribution in [3.05, 3.63) is 59.7 Å². The van der Waals surface area contributed by atoms with Crippen molar-refractivity contribution >= 4 is 5.91 Å². The zero-order chi connectivity index (χ0) is 16.1. The molecule has 0 radical (unpaired) electrons. The third kappa shape index (κ3) is 4.13. The lowest BCUT2D eigenvalue weighted by Gasteiger charge is -2.23. The minimum Gasteiger partial charge on any atom is -0.379 e. The number of pyridine rings is 2. The zero-order valence-corrected chi connectivity index (χ0v) is 13.3. The minimum absolute atomic E-state index is 0.0414. The second-order valence-corrected chi connectivity index (χ2v) is 5.96. The Labute approximate surface area is 136 Å². The average molecular weight is 311 g/mol. The molecule has 1 aliphatic rings. The molecule has 0 N–H and O–H groups in total. The molecule has 2 aromatic rings. The number of aromatic nitrogens is 2. The van der Waals surface area contributed by atoms with Gasteiger partial charge in [0.15, 0.2) is 0 Å². The number of ether oxygens (including phenoxy) is 1. The molecule has 1 amide bonds. The standard InChI is InChI=1S/C18H21N3O2/c1-14-2-3-17(20-11-14)10-15-12-21(8-9-23-13-15)18(22)16-4-6-19-7-5-16/h2-7,11,15H,8-10,12-13H2,1H3. The van der Waals surface area contributed by atoms with Gasteiger partial charge < -0.3 is 9.64 Å². The van der Waals surface area contributed by atoms with Gasteiger partial charge in [-0.1, -0.05) is 6.07 Å². The zero-order valence-electron chi connectivity index (χ0n) is 13.3. The summed E-state index contributed by atoms with van der Waals surface area (Å²) in [5.41, 5.74) is 2.87. The highest BCUT2D eigenvalue weighted by Crippen LogP contribution is 2.15. The van der Waals surface area contributed by atoms with Crippen LogP contribution in [0.2, 0.25) is 0 Å². The van der Waals surface area contributed by atoms with Gasteiger partial charge in [0.2, 0.25) is 0 Å². The first-order chi connectivity index (χ1) is 11.2. The molecular weight excluding hydrogens is 290 g/mol. The van der Waals surface area contributed by atoms with E-state index >= 15 is 0 Å². The van der Waals surface area contributed by atoms with Crippen molar-refractivity contribution in [1.29, 1.82) is 0 Å². The fraction of sp³-hybridized carbons (Fsp3) is 0.389. The van der Waals surface area contributed by atoms with E-state index in [1.807, 2.05) is 18.0 Å². The first-order valence-electron chi connectivity index (χ1n) is 7.91. The predicted molar refractivity (Wildman–Crippen MR) is 87.1 cm³/mol. The highest BCUT2D eigenvalue weighted by atomic mass is 16.5. The summed E-state index contributed by atoms with van der Waals surface area (Å²) in [5, 5.41) is 0. The normalized spacial score (nSPS) is 18.5. The lowest BCUT2D eigenvalue weighted by Crippen LogP contribution is -2.36. The lowest BCUT2D eigenvalue weighted by atomic mass is 10.0. The smallest absolute Gasteiger partial charge is 0.254 e. The van der Waals surface area contributed by atoms with E-state index in [0.717, 1.165) is 17.7 Å². The van der Waals surface area contributed by atoms with Gasteiger partial charge in [-0.15, -0.1) is 0 Å². The first-order valence-corrected chi connectivity index (χ1v) is 7.91. The molecule has 2 aromatic heterocycles. The Balaban J connectivity index is 1.68. The van der Waals surface area contributed by atoms with Gasteiger partial charge in [-0.2, -0.15) is 0 Å². The summed E-state index contributed by atoms with van der Waals surface area (Å²) in [7, 11) is 0. The fourth-order valence-corrected chi connectivity index (χ4v) is 2.78. The van der Waals surface area contributed by atoms with Crippen molar-refractivity contribution < 1.29 is 9.53 Å². The number of rotatable bonds is 3. The molecular formula is C18H21N3O2. The van der Waals surface area contributed by atoms with E-state index in [1.165, 1.54) is 0 Å². The maximum Gasteiger partial charge on any atom is 0.254 e. The second-order valence-electron chi connectivity index (χ2n) is 5.96. The van der Waals surface area contributed by atoms with Crippen LogP contribution >= 0.6 is 0 Å². The molecule has 1 saturated heterocycles. The SMILES string of the molecule is Cc1ccc(CC2COCCN(C(=O)c3ccncc3)C2)nc1. The summed E-state index contributed by atoms with van der Waals surface area (Å²) in [6, 6.07) is 7.63. The molecule has 23 heavy (non-hydrogen) atoms. The van der Waals surface area contributed by atoms with Crippen LogP contribution in [0.15, 0.2) is 42.9 Å². The molecule has 3 heterocycles. The van der Waals surface area contributed by atoms with Gasteiger partial charge in [-0.05, 0) is 37.1 Å². The van der Waals surface area contributed by atoms with Crippen molar-refractivity contribution in [2.75, 3.05) is 26.3 Å². The maximum absolute atomic E-state index is 12.6. The number of carbonyl (C=O) groups is 1. The fourth-order valence-electron chi connectivity index (χ4n) is 2.78. The highest BCUT2D eigenvalue weighted by molar-refractivity contribution is 5.94. The van der Waals surface area contributed by atoms with E-state index < -0.39 is 0 Å². The van der Waals surface area contributed by atoms with Crippen molar-refractivity contribution in [2.24, 2.45) is 5.92 Å². The van der Waals surface area contributed by atoms with Crippen LogP contribution in [0.5, 0.6) is 0 Å². The second kappa shape index (κ2) is 7.33. The monoisotopic (exact) mass is 311 g/mol. The Morgan fingerprint density at radius 1 is 1.30 bits per heavy atom. The summed E-state index contributed by atoms with van der Waals surface area (Å²) in [4.78, 5) is 22.9. The topological polar surface area (TPSA) is 55.3 Å². The molecule has 0 spiro atoms. The van der Waals surface area contributed by atoms with Gasteiger partial charge in [0.05, 0.1) is 13.2 Å². The first kappa shape index (κ1) is 15.6. The Hall–Kier alpha value is -2.27. The summed E-state index contributed by atoms with van der Waals surface area (Å²) in [5.74, 6) is 0.304. The molecule has 5 nitrogen and oxygen atoms in total. The highest BCUT2D eigenvalue weighted by Gasteiger charge is 2.23. The molecule has 1 atom stereocenters. The van der Waals surface area contributed by atoms with Crippen LogP contribution in [-0.4, -0.2) is 47.1 Å². The number of carbonyl (C=O) groups excluding carboxylic acids is 1. The van der Waals surface area contributed by atoms with Crippen LogP contribution in [-0.2, 0) is 11.2 Å². The average Bonchev–Trinajstić information content (AvgIpc) is 2.83. The lowest BCUT2D eigenvalue weighted by molar-refractivity contribution is 0.0737. The molecule has 0 bridgehead atoms. The van der Waals surface area contributed by atoms with E-state index in [0.29, 0.717) is 31.9 Å². The van der Waals surface area contributed by atoms with Crippen LogP contribution in [0.25, 0.3) is 0 Å². The summed E-state index contributed by atoms with van der Waals surface area (Å²) < 4.78 is 5.69. The van der Waals surface area contributed by atoms with Gasteiger partial charge in [-0.3, -0.25) is 14.8 Å². The number of aryl methyl sites for hydroxylation is 1. The number of amides is 1.